The number of carbonyl (C=O) groups is 4. The van der Waals surface area contributed by atoms with Crippen molar-refractivity contribution in [1.29, 1.82) is 0 Å². The van der Waals surface area contributed by atoms with E-state index < -0.39 is 143 Å². The summed E-state index contributed by atoms with van der Waals surface area (Å²) < 4.78 is 47.2. The number of ketones is 1. The van der Waals surface area contributed by atoms with E-state index in [-0.39, 0.29) is 29.0 Å². The van der Waals surface area contributed by atoms with Crippen LogP contribution in [0.5, 0.6) is 11.5 Å². The van der Waals surface area contributed by atoms with Gasteiger partial charge in [-0.1, -0.05) is 79.9 Å². The molecule has 1 aromatic rings. The molecule has 396 valence electrons. The van der Waals surface area contributed by atoms with Crippen LogP contribution in [-0.2, 0) is 52.3 Å². The number of aliphatic hydroxyl groups excluding tert-OH is 4. The number of Topliss-reactive ketones (excluding diaryl/α,β-unsaturated/α-hetero) is 1. The number of aromatic hydroxyl groups is 2. The van der Waals surface area contributed by atoms with Gasteiger partial charge in [-0.2, -0.15) is 0 Å². The van der Waals surface area contributed by atoms with E-state index in [1.807, 2.05) is 26.0 Å². The highest BCUT2D eigenvalue weighted by molar-refractivity contribution is 6.39. The molecule has 3 aliphatic heterocycles. The first-order chi connectivity index (χ1) is 33.2. The van der Waals surface area contributed by atoms with E-state index in [2.05, 4.69) is 0 Å². The lowest BCUT2D eigenvalue weighted by atomic mass is 9.88. The molecule has 6 N–H and O–H groups in total. The number of halogens is 2. The van der Waals surface area contributed by atoms with Gasteiger partial charge in [-0.15, -0.1) is 0 Å². The third kappa shape index (κ3) is 14.5. The normalized spacial score (nSPS) is 34.6. The zero-order chi connectivity index (χ0) is 53.4. The SMILES string of the molecule is CCC1/C=C(\C)C(O)C/C=C/C=C(\COC2OC(C)C(OC(=O)c3c(C)c(Cl)c(O)c(Cl)c3O)C(O)C2OC)C(=O)OC(C(C)=O)C/C=C(C)/C=C(\C)C1OC1OC(C)(C)C(OC(=O)C(C)C)C(O)C1O. The molecule has 0 aliphatic carbocycles. The highest BCUT2D eigenvalue weighted by Gasteiger charge is 2.53. The Morgan fingerprint density at radius 2 is 1.56 bits per heavy atom. The minimum Gasteiger partial charge on any atom is -0.505 e. The molecule has 0 amide bonds. The van der Waals surface area contributed by atoms with Crippen LogP contribution in [0.15, 0.2) is 58.7 Å². The highest BCUT2D eigenvalue weighted by atomic mass is 35.5. The minimum atomic E-state index is -1.62. The molecule has 2 fully saturated rings. The van der Waals surface area contributed by atoms with Crippen molar-refractivity contribution >= 4 is 46.9 Å². The lowest BCUT2D eigenvalue weighted by Crippen LogP contribution is -2.64. The predicted octanol–water partition coefficient (Wildman–Crippen LogP) is 6.19. The Kier molecular flexibility index (Phi) is 21.5. The van der Waals surface area contributed by atoms with Gasteiger partial charge in [0.05, 0.1) is 41.4 Å². The predicted molar refractivity (Wildman–Crippen MR) is 259 cm³/mol. The number of allylic oxidation sites excluding steroid dienone is 4. The molecule has 0 saturated carbocycles. The fourth-order valence-corrected chi connectivity index (χ4v) is 8.73. The third-order valence-corrected chi connectivity index (χ3v) is 13.5. The van der Waals surface area contributed by atoms with Crippen molar-refractivity contribution in [3.05, 3.63) is 79.9 Å². The van der Waals surface area contributed by atoms with Crippen LogP contribution in [0.3, 0.4) is 0 Å². The summed E-state index contributed by atoms with van der Waals surface area (Å²) in [7, 11) is 1.25. The number of ether oxygens (including phenoxy) is 8. The zero-order valence-corrected chi connectivity index (χ0v) is 43.7. The first-order valence-corrected chi connectivity index (χ1v) is 24.2. The van der Waals surface area contributed by atoms with E-state index in [0.717, 1.165) is 0 Å². The van der Waals surface area contributed by atoms with Crippen LogP contribution in [0.2, 0.25) is 10.0 Å². The van der Waals surface area contributed by atoms with E-state index >= 15 is 0 Å². The van der Waals surface area contributed by atoms with Crippen molar-refractivity contribution in [3.63, 3.8) is 0 Å². The Morgan fingerprint density at radius 1 is 0.901 bits per heavy atom. The van der Waals surface area contributed by atoms with Crippen molar-refractivity contribution in [2.75, 3.05) is 13.7 Å². The summed E-state index contributed by atoms with van der Waals surface area (Å²) in [4.78, 5) is 52.7. The number of hydrogen-bond donors (Lipinski definition) is 6. The van der Waals surface area contributed by atoms with E-state index in [4.69, 9.17) is 61.1 Å². The van der Waals surface area contributed by atoms with Gasteiger partial charge in [-0.3, -0.25) is 9.59 Å². The van der Waals surface area contributed by atoms with Crippen LogP contribution in [0.25, 0.3) is 0 Å². The topological polar surface area (TPSA) is 263 Å². The molecule has 18 nitrogen and oxygen atoms in total. The molecule has 71 heavy (non-hydrogen) atoms. The zero-order valence-electron chi connectivity index (χ0n) is 42.2. The Hall–Kier alpha value is -4.18. The largest absolute Gasteiger partial charge is 0.505 e. The summed E-state index contributed by atoms with van der Waals surface area (Å²) in [5.74, 6) is -5.40. The molecule has 1 aromatic carbocycles. The summed E-state index contributed by atoms with van der Waals surface area (Å²) >= 11 is 12.1. The number of phenolic OH excluding ortho intramolecular Hbond substituents is 2. The fourth-order valence-electron chi connectivity index (χ4n) is 8.30. The monoisotopic (exact) mass is 1040 g/mol. The summed E-state index contributed by atoms with van der Waals surface area (Å²) in [5, 5.41) is 65.2. The molecule has 13 unspecified atom stereocenters. The molecule has 20 heteroatoms. The van der Waals surface area contributed by atoms with Gasteiger partial charge in [0.15, 0.2) is 48.2 Å². The molecule has 2 saturated heterocycles. The average molecular weight is 1040 g/mol. The second-order valence-electron chi connectivity index (χ2n) is 19.0. The minimum absolute atomic E-state index is 0.0307. The summed E-state index contributed by atoms with van der Waals surface area (Å²) in [6, 6.07) is 0. The van der Waals surface area contributed by atoms with E-state index in [1.165, 1.54) is 40.0 Å². The Balaban J connectivity index is 1.60. The number of hydrogen-bond acceptors (Lipinski definition) is 18. The number of methoxy groups -OCH3 is 1. The van der Waals surface area contributed by atoms with Crippen LogP contribution in [0.1, 0.15) is 104 Å². The van der Waals surface area contributed by atoms with Gasteiger partial charge in [-0.25, -0.2) is 9.59 Å². The summed E-state index contributed by atoms with van der Waals surface area (Å²) in [5.41, 5.74) is 0.0586. The molecule has 0 bridgehead atoms. The van der Waals surface area contributed by atoms with Crippen LogP contribution in [-0.4, -0.2) is 147 Å². The lowest BCUT2D eigenvalue weighted by molar-refractivity contribution is -0.333. The molecule has 0 aromatic heterocycles. The Morgan fingerprint density at radius 3 is 2.17 bits per heavy atom. The van der Waals surface area contributed by atoms with Crippen LogP contribution < -0.4 is 0 Å². The smallest absolute Gasteiger partial charge is 0.342 e. The standard InChI is InChI=1S/C51H70Cl2O18/c1-13-30-21-25(5)32(55)17-15-14-16-31(22-65-50-44(64-12)41(60)43(29(9)66-50)68-48(63)34-27(7)35(52)38(57)36(53)37(34)56)47(62)67-33(28(8)54)19-18-24(4)20-26(6)42(30)69-49-40(59)39(58)45(51(10,11)71-49)70-46(61)23(2)3/h14-16,18,20-21,23,29-30,32-33,39-45,49-50,55-60H,13,17,19,22H2,1-12H3/b15-14+,24-18+,25-21+,26-20+,31-16+. The maximum absolute atomic E-state index is 13.9. The van der Waals surface area contributed by atoms with E-state index in [1.54, 1.807) is 53.7 Å². The number of carbonyl (C=O) groups excluding carboxylic acids is 4. The molecule has 0 spiro atoms. The van der Waals surface area contributed by atoms with Gasteiger partial charge in [-0.05, 0) is 91.0 Å². The Bertz CT molecular complexity index is 2220. The van der Waals surface area contributed by atoms with Crippen molar-refractivity contribution in [2.24, 2.45) is 11.8 Å². The van der Waals surface area contributed by atoms with Gasteiger partial charge in [0, 0.05) is 19.4 Å². The van der Waals surface area contributed by atoms with Crippen LogP contribution in [0, 0.1) is 18.8 Å². The molecule has 3 heterocycles. The first kappa shape index (κ1) is 59.4. The number of rotatable bonds is 12. The molecule has 0 radical (unpaired) electrons. The third-order valence-electron chi connectivity index (χ3n) is 12.7. The van der Waals surface area contributed by atoms with Crippen molar-refractivity contribution < 1.29 is 87.7 Å². The highest BCUT2D eigenvalue weighted by Crippen LogP contribution is 2.44. The van der Waals surface area contributed by atoms with E-state index in [0.29, 0.717) is 23.1 Å². The van der Waals surface area contributed by atoms with Crippen molar-refractivity contribution in [2.45, 2.75) is 175 Å². The number of phenols is 2. The average Bonchev–Trinajstić information content (AvgIpc) is 3.30. The first-order valence-electron chi connectivity index (χ1n) is 23.4. The van der Waals surface area contributed by atoms with Gasteiger partial charge >= 0.3 is 17.9 Å². The van der Waals surface area contributed by atoms with Gasteiger partial charge in [0.25, 0.3) is 0 Å². The number of esters is 3. The van der Waals surface area contributed by atoms with Crippen LogP contribution >= 0.6 is 23.2 Å². The second-order valence-corrected chi connectivity index (χ2v) is 19.7. The maximum atomic E-state index is 13.9. The number of benzene rings is 1. The number of aliphatic hydroxyl groups is 4. The quantitative estimate of drug-likeness (QED) is 0.0774. The molecule has 13 atom stereocenters. The summed E-state index contributed by atoms with van der Waals surface area (Å²) in [6.45, 7) is 17.4. The second kappa shape index (κ2) is 25.7. The molecule has 3 aliphatic rings. The molecular formula is C51H70Cl2O18. The fraction of sp³-hybridized carbons (Fsp3) is 0.608. The van der Waals surface area contributed by atoms with Crippen LogP contribution in [0.4, 0.5) is 0 Å². The van der Waals surface area contributed by atoms with Gasteiger partial charge in [0.2, 0.25) is 0 Å². The lowest BCUT2D eigenvalue weighted by Gasteiger charge is -2.47. The Labute approximate surface area is 424 Å². The maximum Gasteiger partial charge on any atom is 0.342 e. The number of cyclic esters (lactones) is 1. The van der Waals surface area contributed by atoms with Crippen molar-refractivity contribution in [1.82, 2.24) is 0 Å². The summed E-state index contributed by atoms with van der Waals surface area (Å²) in [6.07, 6.45) is -5.04. The van der Waals surface area contributed by atoms with E-state index in [9.17, 15) is 49.8 Å². The van der Waals surface area contributed by atoms with Gasteiger partial charge in [0.1, 0.15) is 40.6 Å². The van der Waals surface area contributed by atoms with Gasteiger partial charge < -0.3 is 68.5 Å². The van der Waals surface area contributed by atoms with Crippen molar-refractivity contribution in [3.8, 4) is 11.5 Å². The molecule has 4 rings (SSSR count). The molecular weight excluding hydrogens is 971 g/mol.